The van der Waals surface area contributed by atoms with Gasteiger partial charge in [0.05, 0.1) is 11.4 Å². The molecule has 10 heteroatoms. The number of nitrogens with one attached hydrogen (secondary N) is 2. The normalized spacial score (nSPS) is 12.6. The number of rotatable bonds is 2. The molecule has 0 atom stereocenters. The van der Waals surface area contributed by atoms with E-state index >= 15 is 0 Å². The van der Waals surface area contributed by atoms with Gasteiger partial charge < -0.3 is 0 Å². The molecule has 24 heavy (non-hydrogen) atoms. The van der Waals surface area contributed by atoms with Gasteiger partial charge in [-0.25, -0.2) is 0 Å². The first-order valence-corrected chi connectivity index (χ1v) is 6.50. The Hall–Kier alpha value is -2.78. The zero-order valence-electron chi connectivity index (χ0n) is 11.6. The second kappa shape index (κ2) is 5.39. The molecule has 2 aromatic heterocycles. The molecule has 0 aliphatic rings. The second-order valence-corrected chi connectivity index (χ2v) is 4.91. The van der Waals surface area contributed by atoms with Crippen molar-refractivity contribution in [1.82, 2.24) is 20.4 Å². The molecule has 1 aromatic carbocycles. The van der Waals surface area contributed by atoms with Crippen molar-refractivity contribution in [1.29, 1.82) is 0 Å². The maximum Gasteiger partial charge on any atom is 0.432 e. The van der Waals surface area contributed by atoms with E-state index in [4.69, 9.17) is 0 Å². The van der Waals surface area contributed by atoms with Gasteiger partial charge in [-0.2, -0.15) is 36.5 Å². The molecule has 0 aliphatic heterocycles. The molecule has 0 unspecified atom stereocenters. The number of aromatic amines is 2. The van der Waals surface area contributed by atoms with Gasteiger partial charge in [-0.05, 0) is 18.2 Å². The van der Waals surface area contributed by atoms with Crippen LogP contribution >= 0.6 is 0 Å². The monoisotopic (exact) mass is 346 g/mol. The zero-order valence-corrected chi connectivity index (χ0v) is 11.6. The van der Waals surface area contributed by atoms with E-state index in [0.29, 0.717) is 11.1 Å². The maximum absolute atomic E-state index is 12.6. The lowest BCUT2D eigenvalue weighted by atomic mass is 10.1. The minimum Gasteiger partial charge on any atom is -0.273 e. The first kappa shape index (κ1) is 16.1. The van der Waals surface area contributed by atoms with Crippen molar-refractivity contribution in [3.05, 3.63) is 47.8 Å². The summed E-state index contributed by atoms with van der Waals surface area (Å²) in [6.07, 6.45) is -9.13. The smallest absolute Gasteiger partial charge is 0.273 e. The summed E-state index contributed by atoms with van der Waals surface area (Å²) >= 11 is 0. The first-order valence-electron chi connectivity index (χ1n) is 6.50. The van der Waals surface area contributed by atoms with Gasteiger partial charge in [0.1, 0.15) is 11.4 Å². The van der Waals surface area contributed by atoms with Gasteiger partial charge in [0.15, 0.2) is 0 Å². The molecule has 0 fully saturated rings. The van der Waals surface area contributed by atoms with Crippen LogP contribution in [0.2, 0.25) is 0 Å². The summed E-state index contributed by atoms with van der Waals surface area (Å²) in [6.45, 7) is 0. The SMILES string of the molecule is FC(F)(F)c1cc(-c2cccc(-c3cc(C(F)(F)F)[nH]n3)c2)n[nH]1. The van der Waals surface area contributed by atoms with Crippen LogP contribution in [0, 0.1) is 0 Å². The highest BCUT2D eigenvalue weighted by Gasteiger charge is 2.34. The van der Waals surface area contributed by atoms with Crippen LogP contribution in [0.4, 0.5) is 26.3 Å². The lowest BCUT2D eigenvalue weighted by Gasteiger charge is -2.01. The highest BCUT2D eigenvalue weighted by Crippen LogP contribution is 2.33. The van der Waals surface area contributed by atoms with Crippen molar-refractivity contribution in [3.8, 4) is 22.5 Å². The van der Waals surface area contributed by atoms with Gasteiger partial charge in [0.25, 0.3) is 0 Å². The number of hydrogen-bond donors (Lipinski definition) is 2. The fourth-order valence-corrected chi connectivity index (χ4v) is 2.07. The summed E-state index contributed by atoms with van der Waals surface area (Å²) in [6, 6.07) is 7.55. The topological polar surface area (TPSA) is 57.4 Å². The fraction of sp³-hybridized carbons (Fsp3) is 0.143. The Morgan fingerprint density at radius 2 is 1.08 bits per heavy atom. The third kappa shape index (κ3) is 3.12. The van der Waals surface area contributed by atoms with Gasteiger partial charge in [0.2, 0.25) is 0 Å². The van der Waals surface area contributed by atoms with Crippen molar-refractivity contribution < 1.29 is 26.3 Å². The first-order chi connectivity index (χ1) is 11.1. The average Bonchev–Trinajstić information content (AvgIpc) is 3.16. The van der Waals surface area contributed by atoms with E-state index in [1.165, 1.54) is 24.3 Å². The molecule has 0 spiro atoms. The molecule has 0 amide bonds. The minimum absolute atomic E-state index is 0.0238. The summed E-state index contributed by atoms with van der Waals surface area (Å²) in [5.41, 5.74) is -1.35. The number of alkyl halides is 6. The third-order valence-electron chi connectivity index (χ3n) is 3.22. The Labute approximate surface area is 130 Å². The van der Waals surface area contributed by atoms with Gasteiger partial charge in [-0.15, -0.1) is 0 Å². The Morgan fingerprint density at radius 1 is 0.667 bits per heavy atom. The molecule has 126 valence electrons. The van der Waals surface area contributed by atoms with Crippen LogP contribution in [0.15, 0.2) is 36.4 Å². The molecule has 2 N–H and O–H groups in total. The number of nitrogens with zero attached hydrogens (tertiary/aromatic N) is 2. The molecule has 4 nitrogen and oxygen atoms in total. The number of H-pyrrole nitrogens is 2. The number of benzene rings is 1. The zero-order chi connectivity index (χ0) is 17.5. The standard InChI is InChI=1S/C14H8F6N4/c15-13(16,17)11-5-9(21-23-11)7-2-1-3-8(4-7)10-6-12(24-22-10)14(18,19)20/h1-6H,(H,21,23)(H,22,24). The summed E-state index contributed by atoms with van der Waals surface area (Å²) in [5.74, 6) is 0. The van der Waals surface area contributed by atoms with Crippen LogP contribution in [0.5, 0.6) is 0 Å². The van der Waals surface area contributed by atoms with E-state index < -0.39 is 23.7 Å². The molecule has 0 saturated heterocycles. The van der Waals surface area contributed by atoms with Gasteiger partial charge in [-0.3, -0.25) is 10.2 Å². The number of hydrogen-bond acceptors (Lipinski definition) is 2. The molecule has 3 aromatic rings. The number of aromatic nitrogens is 4. The van der Waals surface area contributed by atoms with Crippen LogP contribution in [-0.2, 0) is 12.4 Å². The average molecular weight is 346 g/mol. The van der Waals surface area contributed by atoms with Crippen LogP contribution in [0.1, 0.15) is 11.4 Å². The summed E-state index contributed by atoms with van der Waals surface area (Å²) in [4.78, 5) is 0. The van der Waals surface area contributed by atoms with E-state index in [2.05, 4.69) is 10.2 Å². The van der Waals surface area contributed by atoms with Crippen LogP contribution < -0.4 is 0 Å². The van der Waals surface area contributed by atoms with Gasteiger partial charge in [-0.1, -0.05) is 18.2 Å². The van der Waals surface area contributed by atoms with E-state index in [0.717, 1.165) is 12.1 Å². The molecule has 0 radical (unpaired) electrons. The maximum atomic E-state index is 12.6. The highest BCUT2D eigenvalue weighted by atomic mass is 19.4. The van der Waals surface area contributed by atoms with Crippen molar-refractivity contribution in [2.24, 2.45) is 0 Å². The Kier molecular flexibility index (Phi) is 3.61. The molecule has 0 saturated carbocycles. The molecule has 0 aliphatic carbocycles. The lowest BCUT2D eigenvalue weighted by molar-refractivity contribution is -0.142. The van der Waals surface area contributed by atoms with Crippen molar-refractivity contribution in [3.63, 3.8) is 0 Å². The molecular weight excluding hydrogens is 338 g/mol. The quantitative estimate of drug-likeness (QED) is 0.671. The van der Waals surface area contributed by atoms with Crippen molar-refractivity contribution in [2.45, 2.75) is 12.4 Å². The van der Waals surface area contributed by atoms with Gasteiger partial charge in [0, 0.05) is 11.1 Å². The Bertz CT molecular complexity index is 791. The van der Waals surface area contributed by atoms with Crippen molar-refractivity contribution >= 4 is 0 Å². The Balaban J connectivity index is 1.95. The summed E-state index contributed by atoms with van der Waals surface area (Å²) < 4.78 is 75.5. The minimum atomic E-state index is -4.56. The lowest BCUT2D eigenvalue weighted by Crippen LogP contribution is -2.04. The largest absolute Gasteiger partial charge is 0.432 e. The number of halogens is 6. The van der Waals surface area contributed by atoms with E-state index in [1.54, 1.807) is 0 Å². The Morgan fingerprint density at radius 3 is 1.42 bits per heavy atom. The summed E-state index contributed by atoms with van der Waals surface area (Å²) in [7, 11) is 0. The van der Waals surface area contributed by atoms with Crippen LogP contribution in [-0.4, -0.2) is 20.4 Å². The van der Waals surface area contributed by atoms with E-state index in [-0.39, 0.29) is 11.4 Å². The molecule has 0 bridgehead atoms. The molecule has 2 heterocycles. The van der Waals surface area contributed by atoms with Gasteiger partial charge >= 0.3 is 12.4 Å². The van der Waals surface area contributed by atoms with Crippen LogP contribution in [0.25, 0.3) is 22.5 Å². The van der Waals surface area contributed by atoms with Crippen LogP contribution in [0.3, 0.4) is 0 Å². The van der Waals surface area contributed by atoms with E-state index in [1.807, 2.05) is 10.2 Å². The predicted octanol–water partition coefficient (Wildman–Crippen LogP) is 4.50. The molecular formula is C14H8F6N4. The predicted molar refractivity (Wildman–Crippen MR) is 71.6 cm³/mol. The molecule has 3 rings (SSSR count). The summed E-state index contributed by atoms with van der Waals surface area (Å²) in [5, 5.41) is 10.9. The van der Waals surface area contributed by atoms with Crippen molar-refractivity contribution in [2.75, 3.05) is 0 Å². The fourth-order valence-electron chi connectivity index (χ4n) is 2.07. The third-order valence-corrected chi connectivity index (χ3v) is 3.22. The highest BCUT2D eigenvalue weighted by molar-refractivity contribution is 5.69. The second-order valence-electron chi connectivity index (χ2n) is 4.91. The van der Waals surface area contributed by atoms with E-state index in [9.17, 15) is 26.3 Å².